The van der Waals surface area contributed by atoms with Gasteiger partial charge in [-0.05, 0) is 40.0 Å². The van der Waals surface area contributed by atoms with E-state index in [1.165, 1.54) is 6.33 Å². The minimum Gasteiger partial charge on any atom is -0.497 e. The Kier molecular flexibility index (Phi) is 3.79. The zero-order valence-electron chi connectivity index (χ0n) is 13.6. The Labute approximate surface area is 135 Å². The number of ether oxygens (including phenoxy) is 1. The van der Waals surface area contributed by atoms with Crippen molar-refractivity contribution < 1.29 is 9.53 Å². The fraction of sp³-hybridized carbons (Fsp3) is 0.500. The highest BCUT2D eigenvalue weighted by molar-refractivity contribution is 5.93. The average molecular weight is 315 g/mol. The molecule has 1 unspecified atom stereocenters. The van der Waals surface area contributed by atoms with E-state index in [-0.39, 0.29) is 11.3 Å². The van der Waals surface area contributed by atoms with Gasteiger partial charge in [0.15, 0.2) is 0 Å². The molecule has 1 heterocycles. The van der Waals surface area contributed by atoms with Crippen LogP contribution in [0.5, 0.6) is 5.75 Å². The molecule has 1 amide bonds. The molecule has 1 saturated carbocycles. The van der Waals surface area contributed by atoms with Crippen molar-refractivity contribution in [1.29, 1.82) is 0 Å². The van der Waals surface area contributed by atoms with E-state index in [1.807, 2.05) is 24.3 Å². The largest absolute Gasteiger partial charge is 0.497 e. The Morgan fingerprint density at radius 2 is 2.04 bits per heavy atom. The number of carbonyl (C=O) groups excluding carboxylic acids is 1. The van der Waals surface area contributed by atoms with Gasteiger partial charge in [-0.3, -0.25) is 4.79 Å². The van der Waals surface area contributed by atoms with Gasteiger partial charge in [-0.25, -0.2) is 4.68 Å². The highest BCUT2D eigenvalue weighted by Crippen LogP contribution is 2.64. The fourth-order valence-electron chi connectivity index (χ4n) is 3.22. The normalized spacial score (nSPS) is 21.7. The van der Waals surface area contributed by atoms with Crippen molar-refractivity contribution in [2.75, 3.05) is 13.7 Å². The number of benzene rings is 1. The van der Waals surface area contributed by atoms with E-state index in [2.05, 4.69) is 34.7 Å². The van der Waals surface area contributed by atoms with E-state index in [0.717, 1.165) is 17.7 Å². The molecule has 1 aliphatic carbocycles. The molecule has 1 fully saturated rings. The lowest BCUT2D eigenvalue weighted by molar-refractivity contribution is -0.124. The van der Waals surface area contributed by atoms with Crippen LogP contribution in [-0.4, -0.2) is 39.8 Å². The van der Waals surface area contributed by atoms with Crippen LogP contribution >= 0.6 is 0 Å². The third kappa shape index (κ3) is 2.67. The quantitative estimate of drug-likeness (QED) is 0.865. The summed E-state index contributed by atoms with van der Waals surface area (Å²) in [6.45, 7) is 5.30. The van der Waals surface area contributed by atoms with E-state index in [0.29, 0.717) is 13.1 Å². The smallest absolute Gasteiger partial charge is 0.231 e. The predicted octanol–water partition coefficient (Wildman–Crippen LogP) is 1.17. The molecule has 2 aromatic rings. The van der Waals surface area contributed by atoms with Crippen molar-refractivity contribution in [3.63, 3.8) is 0 Å². The topological polar surface area (TPSA) is 81.9 Å². The van der Waals surface area contributed by atoms with Gasteiger partial charge in [0, 0.05) is 6.54 Å². The summed E-state index contributed by atoms with van der Waals surface area (Å²) in [7, 11) is 1.64. The lowest BCUT2D eigenvalue weighted by Crippen LogP contribution is -2.39. The summed E-state index contributed by atoms with van der Waals surface area (Å²) in [6.07, 6.45) is 2.37. The first-order chi connectivity index (χ1) is 11.0. The molecule has 23 heavy (non-hydrogen) atoms. The summed E-state index contributed by atoms with van der Waals surface area (Å²) < 4.78 is 6.79. The SMILES string of the molecule is COc1ccc(C2(C(=O)NCCn3cnnn3)CC2(C)C)cc1. The van der Waals surface area contributed by atoms with Gasteiger partial charge in [-0.2, -0.15) is 0 Å². The maximum Gasteiger partial charge on any atom is 0.231 e. The predicted molar refractivity (Wildman–Crippen MR) is 83.9 cm³/mol. The van der Waals surface area contributed by atoms with Gasteiger partial charge in [-0.1, -0.05) is 26.0 Å². The number of nitrogens with one attached hydrogen (secondary N) is 1. The highest BCUT2D eigenvalue weighted by Gasteiger charge is 2.66. The second kappa shape index (κ2) is 5.64. The summed E-state index contributed by atoms with van der Waals surface area (Å²) in [4.78, 5) is 12.8. The Bertz CT molecular complexity index is 681. The highest BCUT2D eigenvalue weighted by atomic mass is 16.5. The van der Waals surface area contributed by atoms with Crippen LogP contribution in [0.3, 0.4) is 0 Å². The molecule has 0 bridgehead atoms. The van der Waals surface area contributed by atoms with Crippen LogP contribution < -0.4 is 10.1 Å². The number of hydrogen-bond donors (Lipinski definition) is 1. The van der Waals surface area contributed by atoms with Crippen LogP contribution in [0.15, 0.2) is 30.6 Å². The monoisotopic (exact) mass is 315 g/mol. The number of amides is 1. The molecule has 1 aliphatic rings. The molecule has 7 nitrogen and oxygen atoms in total. The van der Waals surface area contributed by atoms with Crippen molar-refractivity contribution in [3.05, 3.63) is 36.2 Å². The molecule has 0 spiro atoms. The van der Waals surface area contributed by atoms with Gasteiger partial charge in [0.25, 0.3) is 0 Å². The van der Waals surface area contributed by atoms with E-state index in [9.17, 15) is 4.79 Å². The Balaban J connectivity index is 1.71. The number of aromatic nitrogens is 4. The number of carbonyl (C=O) groups is 1. The van der Waals surface area contributed by atoms with Crippen molar-refractivity contribution in [1.82, 2.24) is 25.5 Å². The van der Waals surface area contributed by atoms with Gasteiger partial charge in [0.1, 0.15) is 12.1 Å². The summed E-state index contributed by atoms with van der Waals surface area (Å²) in [5.41, 5.74) is 0.503. The summed E-state index contributed by atoms with van der Waals surface area (Å²) in [5, 5.41) is 14.0. The van der Waals surface area contributed by atoms with Crippen molar-refractivity contribution in [2.45, 2.75) is 32.2 Å². The zero-order valence-corrected chi connectivity index (χ0v) is 13.6. The van der Waals surface area contributed by atoms with Crippen molar-refractivity contribution in [3.8, 4) is 5.75 Å². The van der Waals surface area contributed by atoms with Crippen LogP contribution in [0.4, 0.5) is 0 Å². The third-order valence-corrected chi connectivity index (χ3v) is 4.73. The van der Waals surface area contributed by atoms with E-state index >= 15 is 0 Å². The minimum atomic E-state index is -0.472. The molecule has 0 aliphatic heterocycles. The maximum atomic E-state index is 12.8. The summed E-state index contributed by atoms with van der Waals surface area (Å²) >= 11 is 0. The van der Waals surface area contributed by atoms with Crippen LogP contribution in [0.1, 0.15) is 25.8 Å². The van der Waals surface area contributed by atoms with Gasteiger partial charge in [0.05, 0.1) is 19.1 Å². The molecule has 122 valence electrons. The molecule has 1 aromatic carbocycles. The second-order valence-corrected chi connectivity index (χ2v) is 6.52. The molecule has 1 atom stereocenters. The standard InChI is InChI=1S/C16H21N5O2/c1-15(2)10-16(15,12-4-6-13(23-3)7-5-12)14(22)17-8-9-21-11-18-19-20-21/h4-7,11H,8-10H2,1-3H3,(H,17,22). The molecule has 7 heteroatoms. The molecule has 0 saturated heterocycles. The molecular formula is C16H21N5O2. The Morgan fingerprint density at radius 3 is 2.57 bits per heavy atom. The molecule has 0 radical (unpaired) electrons. The van der Waals surface area contributed by atoms with Gasteiger partial charge < -0.3 is 10.1 Å². The number of methoxy groups -OCH3 is 1. The first-order valence-electron chi connectivity index (χ1n) is 7.63. The third-order valence-electron chi connectivity index (χ3n) is 4.73. The fourth-order valence-corrected chi connectivity index (χ4v) is 3.22. The zero-order chi connectivity index (χ0) is 16.5. The Morgan fingerprint density at radius 1 is 1.35 bits per heavy atom. The first-order valence-corrected chi connectivity index (χ1v) is 7.63. The van der Waals surface area contributed by atoms with Gasteiger partial charge in [0.2, 0.25) is 5.91 Å². The Hall–Kier alpha value is -2.44. The number of nitrogens with zero attached hydrogens (tertiary/aromatic N) is 4. The first kappa shape index (κ1) is 15.5. The minimum absolute atomic E-state index is 0.0551. The van der Waals surface area contributed by atoms with E-state index in [4.69, 9.17) is 4.74 Å². The molecule has 1 aromatic heterocycles. The maximum absolute atomic E-state index is 12.8. The van der Waals surface area contributed by atoms with Crippen molar-refractivity contribution in [2.24, 2.45) is 5.41 Å². The van der Waals surface area contributed by atoms with Crippen molar-refractivity contribution >= 4 is 5.91 Å². The van der Waals surface area contributed by atoms with Gasteiger partial charge in [-0.15, -0.1) is 5.10 Å². The lowest BCUT2D eigenvalue weighted by atomic mass is 9.87. The van der Waals surface area contributed by atoms with Crippen LogP contribution in [0.25, 0.3) is 0 Å². The average Bonchev–Trinajstić information content (AvgIpc) is 2.89. The van der Waals surface area contributed by atoms with Crippen LogP contribution in [0, 0.1) is 5.41 Å². The summed E-state index contributed by atoms with van der Waals surface area (Å²) in [6, 6.07) is 7.77. The van der Waals surface area contributed by atoms with Crippen LogP contribution in [0.2, 0.25) is 0 Å². The summed E-state index contributed by atoms with van der Waals surface area (Å²) in [5.74, 6) is 0.849. The van der Waals surface area contributed by atoms with E-state index < -0.39 is 5.41 Å². The lowest BCUT2D eigenvalue weighted by Gasteiger charge is -2.21. The number of rotatable bonds is 6. The molecule has 1 N–H and O–H groups in total. The number of tetrazole rings is 1. The van der Waals surface area contributed by atoms with Crippen LogP contribution in [-0.2, 0) is 16.8 Å². The number of hydrogen-bond acceptors (Lipinski definition) is 5. The second-order valence-electron chi connectivity index (χ2n) is 6.52. The molecular weight excluding hydrogens is 294 g/mol. The van der Waals surface area contributed by atoms with Gasteiger partial charge >= 0.3 is 0 Å². The van der Waals surface area contributed by atoms with E-state index in [1.54, 1.807) is 11.8 Å². The molecule has 3 rings (SSSR count).